The molecule has 0 amide bonds. The molecule has 1 heterocycles. The first-order valence-corrected chi connectivity index (χ1v) is 5.36. The van der Waals surface area contributed by atoms with E-state index in [2.05, 4.69) is 15.9 Å². The minimum atomic E-state index is -0.276. The van der Waals surface area contributed by atoms with Crippen LogP contribution in [0.2, 0.25) is 0 Å². The van der Waals surface area contributed by atoms with E-state index in [9.17, 15) is 4.79 Å². The summed E-state index contributed by atoms with van der Waals surface area (Å²) in [4.78, 5) is 11.4. The molecule has 1 aromatic heterocycles. The summed E-state index contributed by atoms with van der Waals surface area (Å²) < 4.78 is 5.64. The van der Waals surface area contributed by atoms with Crippen LogP contribution in [0.25, 0.3) is 0 Å². The lowest BCUT2D eigenvalue weighted by Gasteiger charge is -2.00. The van der Waals surface area contributed by atoms with Gasteiger partial charge in [0, 0.05) is 12.0 Å². The van der Waals surface area contributed by atoms with Crippen LogP contribution >= 0.6 is 15.9 Å². The van der Waals surface area contributed by atoms with Gasteiger partial charge in [-0.15, -0.1) is 0 Å². The number of benzene rings is 1. The number of hydrogen-bond donors (Lipinski definition) is 0. The van der Waals surface area contributed by atoms with Gasteiger partial charge < -0.3 is 4.42 Å². The van der Waals surface area contributed by atoms with Crippen molar-refractivity contribution >= 4 is 15.9 Å². The largest absolute Gasteiger partial charge is 0.430 e. The Hall–Kier alpha value is -1.35. The summed E-state index contributed by atoms with van der Waals surface area (Å²) in [6.45, 7) is 0. The predicted octanol–water partition coefficient (Wildman–Crippen LogP) is 2.99. The van der Waals surface area contributed by atoms with Gasteiger partial charge in [-0.2, -0.15) is 0 Å². The molecule has 15 heavy (non-hydrogen) atoms. The quantitative estimate of drug-likeness (QED) is 0.835. The van der Waals surface area contributed by atoms with Gasteiger partial charge >= 0.3 is 5.63 Å². The van der Waals surface area contributed by atoms with Crippen LogP contribution in [0.3, 0.4) is 0 Å². The maximum atomic E-state index is 11.4. The van der Waals surface area contributed by atoms with Crippen molar-refractivity contribution in [1.29, 1.82) is 0 Å². The fourth-order valence-electron chi connectivity index (χ4n) is 1.38. The molecular formula is C12H9BrO2. The molecule has 2 aromatic rings. The maximum Gasteiger partial charge on any atom is 0.339 e. The van der Waals surface area contributed by atoms with Crippen LogP contribution in [0, 0.1) is 0 Å². The van der Waals surface area contributed by atoms with Crippen molar-refractivity contribution < 1.29 is 4.42 Å². The van der Waals surface area contributed by atoms with Crippen molar-refractivity contribution in [2.45, 2.75) is 6.42 Å². The Morgan fingerprint density at radius 3 is 2.67 bits per heavy atom. The van der Waals surface area contributed by atoms with Gasteiger partial charge in [0.05, 0.1) is 4.47 Å². The van der Waals surface area contributed by atoms with E-state index in [4.69, 9.17) is 4.42 Å². The normalized spacial score (nSPS) is 10.2. The zero-order chi connectivity index (χ0) is 10.7. The van der Waals surface area contributed by atoms with Gasteiger partial charge in [0.2, 0.25) is 0 Å². The Kier molecular flexibility index (Phi) is 3.02. The van der Waals surface area contributed by atoms with E-state index in [0.29, 0.717) is 12.0 Å². The summed E-state index contributed by atoms with van der Waals surface area (Å²) in [7, 11) is 0. The predicted molar refractivity (Wildman–Crippen MR) is 61.9 cm³/mol. The van der Waals surface area contributed by atoms with E-state index >= 15 is 0 Å². The molecule has 0 aliphatic carbocycles. The molecule has 0 atom stereocenters. The van der Waals surface area contributed by atoms with Gasteiger partial charge in [-0.1, -0.05) is 30.3 Å². The van der Waals surface area contributed by atoms with Gasteiger partial charge in [0.15, 0.2) is 0 Å². The van der Waals surface area contributed by atoms with Crippen LogP contribution in [0.15, 0.2) is 56.3 Å². The van der Waals surface area contributed by atoms with Crippen LogP contribution in [-0.4, -0.2) is 0 Å². The standard InChI is InChI=1S/C12H9BrO2/c13-11-7-10(12(14)15-8-11)6-9-4-2-1-3-5-9/h1-5,7-8H,6H2. The lowest BCUT2D eigenvalue weighted by atomic mass is 10.1. The molecular weight excluding hydrogens is 256 g/mol. The summed E-state index contributed by atoms with van der Waals surface area (Å²) >= 11 is 3.28. The Morgan fingerprint density at radius 2 is 1.93 bits per heavy atom. The molecule has 2 nitrogen and oxygen atoms in total. The van der Waals surface area contributed by atoms with Gasteiger partial charge in [0.1, 0.15) is 6.26 Å². The van der Waals surface area contributed by atoms with E-state index in [0.717, 1.165) is 10.0 Å². The highest BCUT2D eigenvalue weighted by atomic mass is 79.9. The number of hydrogen-bond acceptors (Lipinski definition) is 2. The molecule has 0 unspecified atom stereocenters. The van der Waals surface area contributed by atoms with E-state index in [1.54, 1.807) is 6.07 Å². The van der Waals surface area contributed by atoms with Gasteiger partial charge in [-0.25, -0.2) is 4.79 Å². The number of rotatable bonds is 2. The minimum absolute atomic E-state index is 0.276. The lowest BCUT2D eigenvalue weighted by molar-refractivity contribution is 0.500. The molecule has 0 bridgehead atoms. The Balaban J connectivity index is 2.32. The molecule has 0 N–H and O–H groups in total. The van der Waals surface area contributed by atoms with Crippen LogP contribution in [0.5, 0.6) is 0 Å². The van der Waals surface area contributed by atoms with E-state index in [-0.39, 0.29) is 5.63 Å². The van der Waals surface area contributed by atoms with E-state index in [1.807, 2.05) is 30.3 Å². The average molecular weight is 265 g/mol. The van der Waals surface area contributed by atoms with E-state index in [1.165, 1.54) is 6.26 Å². The topological polar surface area (TPSA) is 30.2 Å². The minimum Gasteiger partial charge on any atom is -0.430 e. The monoisotopic (exact) mass is 264 g/mol. The smallest absolute Gasteiger partial charge is 0.339 e. The van der Waals surface area contributed by atoms with E-state index < -0.39 is 0 Å². The van der Waals surface area contributed by atoms with Gasteiger partial charge in [-0.05, 0) is 27.6 Å². The third-order valence-electron chi connectivity index (χ3n) is 2.09. The van der Waals surface area contributed by atoms with Crippen LogP contribution in [0.4, 0.5) is 0 Å². The van der Waals surface area contributed by atoms with Crippen molar-refractivity contribution in [1.82, 2.24) is 0 Å². The molecule has 0 spiro atoms. The Bertz CT molecular complexity index is 503. The summed E-state index contributed by atoms with van der Waals surface area (Å²) in [6.07, 6.45) is 2.00. The van der Waals surface area contributed by atoms with Crippen LogP contribution in [0.1, 0.15) is 11.1 Å². The zero-order valence-electron chi connectivity index (χ0n) is 7.94. The highest BCUT2D eigenvalue weighted by Crippen LogP contribution is 2.11. The van der Waals surface area contributed by atoms with Crippen molar-refractivity contribution in [3.05, 3.63) is 68.7 Å². The first kappa shape index (κ1) is 10.2. The summed E-state index contributed by atoms with van der Waals surface area (Å²) in [5, 5.41) is 0. The van der Waals surface area contributed by atoms with Crippen LogP contribution < -0.4 is 5.63 Å². The molecule has 0 aliphatic rings. The SMILES string of the molecule is O=c1occ(Br)cc1Cc1ccccc1. The van der Waals surface area contributed by atoms with Gasteiger partial charge in [-0.3, -0.25) is 0 Å². The molecule has 0 saturated heterocycles. The van der Waals surface area contributed by atoms with Crippen LogP contribution in [-0.2, 0) is 6.42 Å². The molecule has 1 aromatic carbocycles. The summed E-state index contributed by atoms with van der Waals surface area (Å²) in [5.41, 5.74) is 1.49. The maximum absolute atomic E-state index is 11.4. The second-order valence-corrected chi connectivity index (χ2v) is 4.16. The number of halogens is 1. The molecule has 0 aliphatic heterocycles. The van der Waals surface area contributed by atoms with Crippen molar-refractivity contribution in [3.8, 4) is 0 Å². The molecule has 0 saturated carbocycles. The molecule has 2 rings (SSSR count). The van der Waals surface area contributed by atoms with Crippen molar-refractivity contribution in [2.24, 2.45) is 0 Å². The third-order valence-corrected chi connectivity index (χ3v) is 2.51. The third kappa shape index (κ3) is 2.57. The average Bonchev–Trinajstić information content (AvgIpc) is 2.25. The lowest BCUT2D eigenvalue weighted by Crippen LogP contribution is -2.06. The molecule has 76 valence electrons. The second-order valence-electron chi connectivity index (χ2n) is 3.24. The fraction of sp³-hybridized carbons (Fsp3) is 0.0833. The summed E-state index contributed by atoms with van der Waals surface area (Å²) in [5.74, 6) is 0. The highest BCUT2D eigenvalue weighted by molar-refractivity contribution is 9.10. The second kappa shape index (κ2) is 4.45. The fourth-order valence-corrected chi connectivity index (χ4v) is 1.75. The summed E-state index contributed by atoms with van der Waals surface area (Å²) in [6, 6.07) is 11.6. The Labute approximate surface area is 95.7 Å². The Morgan fingerprint density at radius 1 is 1.20 bits per heavy atom. The molecule has 0 radical (unpaired) electrons. The zero-order valence-corrected chi connectivity index (χ0v) is 9.53. The first-order chi connectivity index (χ1) is 7.25. The van der Waals surface area contributed by atoms with Crippen molar-refractivity contribution in [3.63, 3.8) is 0 Å². The molecule has 3 heteroatoms. The van der Waals surface area contributed by atoms with Gasteiger partial charge in [0.25, 0.3) is 0 Å². The molecule has 0 fully saturated rings. The first-order valence-electron chi connectivity index (χ1n) is 4.57. The highest BCUT2D eigenvalue weighted by Gasteiger charge is 2.03. The van der Waals surface area contributed by atoms with Crippen molar-refractivity contribution in [2.75, 3.05) is 0 Å².